The highest BCUT2D eigenvalue weighted by atomic mass is 32.2. The lowest BCUT2D eigenvalue weighted by Crippen LogP contribution is -2.40. The van der Waals surface area contributed by atoms with Gasteiger partial charge in [-0.25, -0.2) is 18.0 Å². The largest absolute Gasteiger partial charge is 0.495 e. The fourth-order valence-electron chi connectivity index (χ4n) is 4.59. The Morgan fingerprint density at radius 1 is 1.18 bits per heavy atom. The summed E-state index contributed by atoms with van der Waals surface area (Å²) in [5, 5.41) is 0. The number of methoxy groups -OCH3 is 1. The van der Waals surface area contributed by atoms with E-state index in [4.69, 9.17) is 18.9 Å². The molecule has 1 aromatic carbocycles. The number of carbonyl (C=O) groups is 2. The molecule has 0 aromatic heterocycles. The van der Waals surface area contributed by atoms with Crippen molar-refractivity contribution < 1.29 is 37.0 Å². The second-order valence-electron chi connectivity index (χ2n) is 9.31. The van der Waals surface area contributed by atoms with E-state index in [9.17, 15) is 18.0 Å². The first-order valence-corrected chi connectivity index (χ1v) is 13.2. The van der Waals surface area contributed by atoms with Gasteiger partial charge in [0.05, 0.1) is 25.9 Å². The molecule has 2 fully saturated rings. The molecule has 0 spiro atoms. The number of nitrogens with zero attached hydrogens (tertiary/aromatic N) is 1. The number of esters is 2. The Kier molecular flexibility index (Phi) is 8.95. The number of ether oxygens (including phenoxy) is 4. The molecule has 1 saturated heterocycles. The average molecular weight is 498 g/mol. The summed E-state index contributed by atoms with van der Waals surface area (Å²) < 4.78 is 48.8. The number of hydrogen-bond acceptors (Lipinski definition) is 8. The Labute approximate surface area is 201 Å². The molecule has 1 aromatic rings. The van der Waals surface area contributed by atoms with Gasteiger partial charge in [-0.3, -0.25) is 0 Å². The van der Waals surface area contributed by atoms with Crippen molar-refractivity contribution in [1.82, 2.24) is 4.31 Å². The van der Waals surface area contributed by atoms with Crippen molar-refractivity contribution in [2.45, 2.75) is 51.0 Å². The van der Waals surface area contributed by atoms with Gasteiger partial charge < -0.3 is 18.9 Å². The van der Waals surface area contributed by atoms with Crippen molar-refractivity contribution in [1.29, 1.82) is 0 Å². The SMILES string of the molecule is COc1ccc(C(=O)OCC(=O)OC2CC(C)CCC2C(C)C)cc1S(=O)(=O)N1CCOCC1. The van der Waals surface area contributed by atoms with Crippen molar-refractivity contribution in [2.24, 2.45) is 17.8 Å². The lowest BCUT2D eigenvalue weighted by molar-refractivity contribution is -0.159. The Balaban J connectivity index is 1.66. The van der Waals surface area contributed by atoms with Gasteiger partial charge in [-0.2, -0.15) is 4.31 Å². The van der Waals surface area contributed by atoms with Crippen molar-refractivity contribution >= 4 is 22.0 Å². The maximum absolute atomic E-state index is 13.1. The molecule has 1 aliphatic heterocycles. The van der Waals surface area contributed by atoms with Crippen molar-refractivity contribution in [3.05, 3.63) is 23.8 Å². The predicted octanol–water partition coefficient (Wildman–Crippen LogP) is 2.88. The van der Waals surface area contributed by atoms with Crippen LogP contribution in [-0.2, 0) is 29.0 Å². The van der Waals surface area contributed by atoms with Gasteiger partial charge in [0, 0.05) is 13.1 Å². The van der Waals surface area contributed by atoms with Crippen LogP contribution >= 0.6 is 0 Å². The number of morpholine rings is 1. The highest BCUT2D eigenvalue weighted by Gasteiger charge is 2.34. The van der Waals surface area contributed by atoms with Crippen molar-refractivity contribution in [3.8, 4) is 5.75 Å². The Bertz CT molecular complexity index is 971. The first-order chi connectivity index (χ1) is 16.1. The van der Waals surface area contributed by atoms with Crippen LogP contribution in [0.5, 0.6) is 5.75 Å². The maximum atomic E-state index is 13.1. The van der Waals surface area contributed by atoms with E-state index in [1.54, 1.807) is 0 Å². The van der Waals surface area contributed by atoms with E-state index in [-0.39, 0.29) is 41.3 Å². The topological polar surface area (TPSA) is 108 Å². The molecule has 3 rings (SSSR count). The van der Waals surface area contributed by atoms with Gasteiger partial charge in [-0.05, 0) is 48.8 Å². The average Bonchev–Trinajstić information content (AvgIpc) is 2.82. The highest BCUT2D eigenvalue weighted by Crippen LogP contribution is 2.35. The second kappa shape index (κ2) is 11.5. The molecule has 34 heavy (non-hydrogen) atoms. The van der Waals surface area contributed by atoms with Crippen molar-refractivity contribution in [2.75, 3.05) is 40.0 Å². The zero-order valence-corrected chi connectivity index (χ0v) is 21.1. The molecule has 0 radical (unpaired) electrons. The number of rotatable bonds is 8. The third kappa shape index (κ3) is 6.28. The van der Waals surface area contributed by atoms with Gasteiger partial charge in [0.25, 0.3) is 0 Å². The minimum Gasteiger partial charge on any atom is -0.495 e. The van der Waals surface area contributed by atoms with Crippen LogP contribution in [0.1, 0.15) is 50.4 Å². The molecule has 0 bridgehead atoms. The van der Waals surface area contributed by atoms with Gasteiger partial charge in [0.2, 0.25) is 10.0 Å². The summed E-state index contributed by atoms with van der Waals surface area (Å²) in [4.78, 5) is 24.9. The molecule has 2 aliphatic rings. The molecule has 3 unspecified atom stereocenters. The van der Waals surface area contributed by atoms with Gasteiger partial charge in [-0.15, -0.1) is 0 Å². The van der Waals surface area contributed by atoms with Crippen LogP contribution in [0.15, 0.2) is 23.1 Å². The fourth-order valence-corrected chi connectivity index (χ4v) is 6.18. The molecule has 1 heterocycles. The van der Waals surface area contributed by atoms with Crippen LogP contribution in [0.25, 0.3) is 0 Å². The molecule has 190 valence electrons. The monoisotopic (exact) mass is 497 g/mol. The summed E-state index contributed by atoms with van der Waals surface area (Å²) in [6, 6.07) is 4.02. The number of sulfonamides is 1. The Hall–Kier alpha value is -2.17. The van der Waals surface area contributed by atoms with E-state index in [0.29, 0.717) is 25.0 Å². The van der Waals surface area contributed by atoms with E-state index in [1.807, 2.05) is 0 Å². The number of carbonyl (C=O) groups excluding carboxylic acids is 2. The van der Waals surface area contributed by atoms with E-state index >= 15 is 0 Å². The van der Waals surface area contributed by atoms with Crippen LogP contribution in [0.2, 0.25) is 0 Å². The summed E-state index contributed by atoms with van der Waals surface area (Å²) in [6.07, 6.45) is 2.72. The Morgan fingerprint density at radius 2 is 1.88 bits per heavy atom. The van der Waals surface area contributed by atoms with Gasteiger partial charge >= 0.3 is 11.9 Å². The molecule has 1 aliphatic carbocycles. The van der Waals surface area contributed by atoms with Gasteiger partial charge in [0.1, 0.15) is 16.7 Å². The summed E-state index contributed by atoms with van der Waals surface area (Å²) in [6.45, 7) is 6.86. The van der Waals surface area contributed by atoms with Crippen molar-refractivity contribution in [3.63, 3.8) is 0 Å². The van der Waals surface area contributed by atoms with Crippen LogP contribution in [0.4, 0.5) is 0 Å². The quantitative estimate of drug-likeness (QED) is 0.505. The third-order valence-electron chi connectivity index (χ3n) is 6.55. The zero-order valence-electron chi connectivity index (χ0n) is 20.3. The van der Waals surface area contributed by atoms with Gasteiger partial charge in [0.15, 0.2) is 6.61 Å². The van der Waals surface area contributed by atoms with E-state index in [1.165, 1.54) is 29.6 Å². The molecule has 9 nitrogen and oxygen atoms in total. The maximum Gasteiger partial charge on any atom is 0.344 e. The summed E-state index contributed by atoms with van der Waals surface area (Å²) in [5.41, 5.74) is 0.00628. The van der Waals surface area contributed by atoms with Crippen LogP contribution in [0.3, 0.4) is 0 Å². The third-order valence-corrected chi connectivity index (χ3v) is 8.47. The lowest BCUT2D eigenvalue weighted by Gasteiger charge is -2.36. The molecule has 1 saturated carbocycles. The fraction of sp³-hybridized carbons (Fsp3) is 0.667. The normalized spacial score (nSPS) is 24.0. The number of benzene rings is 1. The molecule has 0 amide bonds. The second-order valence-corrected chi connectivity index (χ2v) is 11.2. The number of hydrogen-bond donors (Lipinski definition) is 0. The van der Waals surface area contributed by atoms with Crippen LogP contribution in [-0.4, -0.2) is 70.8 Å². The smallest absolute Gasteiger partial charge is 0.344 e. The molecule has 0 N–H and O–H groups in total. The lowest BCUT2D eigenvalue weighted by atomic mass is 9.75. The molecule has 3 atom stereocenters. The van der Waals surface area contributed by atoms with Gasteiger partial charge in [-0.1, -0.05) is 27.2 Å². The Morgan fingerprint density at radius 3 is 2.53 bits per heavy atom. The van der Waals surface area contributed by atoms with E-state index in [0.717, 1.165) is 19.3 Å². The molecular weight excluding hydrogens is 462 g/mol. The first kappa shape index (κ1) is 26.4. The summed E-state index contributed by atoms with van der Waals surface area (Å²) in [7, 11) is -2.54. The standard InChI is InChI=1S/C24H35NO8S/c1-16(2)19-7-5-17(3)13-21(19)33-23(26)15-32-24(27)18-6-8-20(30-4)22(14-18)34(28,29)25-9-11-31-12-10-25/h6,8,14,16-17,19,21H,5,7,9-13,15H2,1-4H3. The zero-order chi connectivity index (χ0) is 24.9. The first-order valence-electron chi connectivity index (χ1n) is 11.8. The van der Waals surface area contributed by atoms with Crippen LogP contribution < -0.4 is 4.74 Å². The molecular formula is C24H35NO8S. The highest BCUT2D eigenvalue weighted by molar-refractivity contribution is 7.89. The predicted molar refractivity (Wildman–Crippen MR) is 124 cm³/mol. The van der Waals surface area contributed by atoms with Crippen LogP contribution in [0, 0.1) is 17.8 Å². The molecule has 10 heteroatoms. The summed E-state index contributed by atoms with van der Waals surface area (Å²) >= 11 is 0. The van der Waals surface area contributed by atoms with E-state index < -0.39 is 28.6 Å². The minimum absolute atomic E-state index is 0.00628. The minimum atomic E-state index is -3.90. The van der Waals surface area contributed by atoms with E-state index in [2.05, 4.69) is 20.8 Å². The summed E-state index contributed by atoms with van der Waals surface area (Å²) in [5.74, 6) is -0.150.